The standard InChI is InChI=1S/C32H29F2N7O3S/c1-3-4-8-26(42)37-22-14-20(15-35-16-22)29-28(34)27-25(17-36-29)40-41-31(27)32-38-24-7-5-6-23(30(24)39-32)19-11-18(12-21(33)13-19)9-10-45(2,43)44/h5-7,11-17H,3-4,8-10H2,1-2H3,(H,37,42)(H,38,39)(H,40,41). The summed E-state index contributed by atoms with van der Waals surface area (Å²) in [6, 6.07) is 11.4. The molecule has 0 aliphatic heterocycles. The van der Waals surface area contributed by atoms with Crippen molar-refractivity contribution >= 4 is 43.4 Å². The van der Waals surface area contributed by atoms with Crippen molar-refractivity contribution in [2.45, 2.75) is 32.6 Å². The number of carbonyl (C=O) groups is 1. The number of hydrogen-bond acceptors (Lipinski definition) is 7. The lowest BCUT2D eigenvalue weighted by atomic mass is 10.0. The zero-order chi connectivity index (χ0) is 31.7. The molecule has 0 spiro atoms. The Balaban J connectivity index is 1.38. The van der Waals surface area contributed by atoms with Crippen LogP contribution in [0.1, 0.15) is 31.7 Å². The number of rotatable bonds is 10. The third kappa shape index (κ3) is 6.43. The number of hydrogen-bond donors (Lipinski definition) is 3. The Hall–Kier alpha value is -5.04. The molecule has 0 aliphatic carbocycles. The van der Waals surface area contributed by atoms with E-state index in [0.717, 1.165) is 19.1 Å². The number of nitrogens with zero attached hydrogens (tertiary/aromatic N) is 4. The number of amides is 1. The second-order valence-electron chi connectivity index (χ2n) is 10.9. The van der Waals surface area contributed by atoms with Crippen molar-refractivity contribution in [1.82, 2.24) is 30.1 Å². The smallest absolute Gasteiger partial charge is 0.224 e. The van der Waals surface area contributed by atoms with Crippen LogP contribution in [-0.2, 0) is 21.1 Å². The fraction of sp³-hybridized carbons (Fsp3) is 0.219. The van der Waals surface area contributed by atoms with Crippen LogP contribution in [0.4, 0.5) is 14.5 Å². The van der Waals surface area contributed by atoms with Gasteiger partial charge in [-0.3, -0.25) is 19.9 Å². The first-order valence-corrected chi connectivity index (χ1v) is 16.4. The molecule has 6 rings (SSSR count). The summed E-state index contributed by atoms with van der Waals surface area (Å²) in [5.74, 6) is -1.11. The summed E-state index contributed by atoms with van der Waals surface area (Å²) < 4.78 is 54.2. The lowest BCUT2D eigenvalue weighted by Gasteiger charge is -2.08. The van der Waals surface area contributed by atoms with E-state index in [1.54, 1.807) is 30.3 Å². The van der Waals surface area contributed by atoms with Gasteiger partial charge in [-0.15, -0.1) is 0 Å². The number of para-hydroxylation sites is 1. The molecule has 0 saturated carbocycles. The van der Waals surface area contributed by atoms with Crippen LogP contribution in [0.5, 0.6) is 0 Å². The number of unbranched alkanes of at least 4 members (excludes halogenated alkanes) is 1. The maximum absolute atomic E-state index is 16.2. The largest absolute Gasteiger partial charge is 0.337 e. The lowest BCUT2D eigenvalue weighted by Crippen LogP contribution is -2.11. The van der Waals surface area contributed by atoms with Gasteiger partial charge < -0.3 is 10.3 Å². The molecule has 0 unspecified atom stereocenters. The van der Waals surface area contributed by atoms with Crippen LogP contribution in [0, 0.1) is 11.6 Å². The quantitative estimate of drug-likeness (QED) is 0.163. The number of H-pyrrole nitrogens is 2. The highest BCUT2D eigenvalue weighted by Crippen LogP contribution is 2.35. The third-order valence-corrected chi connectivity index (χ3v) is 8.31. The van der Waals surface area contributed by atoms with E-state index >= 15 is 4.39 Å². The molecule has 0 radical (unpaired) electrons. The predicted octanol–water partition coefficient (Wildman–Crippen LogP) is 6.22. The number of aromatic amines is 2. The maximum atomic E-state index is 16.2. The number of carbonyl (C=O) groups excluding carboxylic acids is 1. The predicted molar refractivity (Wildman–Crippen MR) is 169 cm³/mol. The van der Waals surface area contributed by atoms with Gasteiger partial charge in [-0.1, -0.05) is 31.5 Å². The van der Waals surface area contributed by atoms with Gasteiger partial charge in [0.2, 0.25) is 5.91 Å². The van der Waals surface area contributed by atoms with E-state index in [-0.39, 0.29) is 40.7 Å². The van der Waals surface area contributed by atoms with Crippen molar-refractivity contribution < 1.29 is 22.0 Å². The first kappa shape index (κ1) is 30.0. The van der Waals surface area contributed by atoms with Crippen molar-refractivity contribution in [3.8, 4) is 33.9 Å². The van der Waals surface area contributed by atoms with Crippen LogP contribution in [0.15, 0.2) is 61.1 Å². The van der Waals surface area contributed by atoms with Crippen LogP contribution in [0.2, 0.25) is 0 Å². The van der Waals surface area contributed by atoms with E-state index in [2.05, 4.69) is 30.5 Å². The van der Waals surface area contributed by atoms with Crippen LogP contribution in [0.25, 0.3) is 55.8 Å². The molecule has 1 amide bonds. The highest BCUT2D eigenvalue weighted by atomic mass is 32.2. The highest BCUT2D eigenvalue weighted by Gasteiger charge is 2.22. The minimum Gasteiger partial charge on any atom is -0.337 e. The number of aryl methyl sites for hydroxylation is 1. The second-order valence-corrected chi connectivity index (χ2v) is 13.2. The molecular formula is C32H29F2N7O3S. The van der Waals surface area contributed by atoms with Crippen molar-refractivity contribution in [2.75, 3.05) is 17.3 Å². The molecule has 10 nitrogen and oxygen atoms in total. The summed E-state index contributed by atoms with van der Waals surface area (Å²) in [5.41, 5.74) is 4.22. The van der Waals surface area contributed by atoms with Gasteiger partial charge in [-0.25, -0.2) is 22.2 Å². The summed E-state index contributed by atoms with van der Waals surface area (Å²) in [7, 11) is -3.23. The number of aromatic nitrogens is 6. The van der Waals surface area contributed by atoms with Crippen LogP contribution >= 0.6 is 0 Å². The minimum absolute atomic E-state index is 0.0282. The SMILES string of the molecule is CCCCC(=O)Nc1cncc(-c2ncc3[nH]nc(-c4nc5c(-c6cc(F)cc(CCS(C)(=O)=O)c6)cccc5[nH]4)c3c2F)c1. The molecule has 0 aliphatic rings. The Morgan fingerprint density at radius 3 is 2.64 bits per heavy atom. The molecule has 0 saturated heterocycles. The number of fused-ring (bicyclic) bond motifs is 2. The van der Waals surface area contributed by atoms with Crippen molar-refractivity contribution in [3.05, 3.63) is 78.3 Å². The van der Waals surface area contributed by atoms with Gasteiger partial charge in [-0.2, -0.15) is 5.10 Å². The summed E-state index contributed by atoms with van der Waals surface area (Å²) in [6.45, 7) is 2.00. The number of halogens is 2. The maximum Gasteiger partial charge on any atom is 0.224 e. The molecule has 6 aromatic rings. The highest BCUT2D eigenvalue weighted by molar-refractivity contribution is 7.90. The van der Waals surface area contributed by atoms with Crippen molar-refractivity contribution in [3.63, 3.8) is 0 Å². The zero-order valence-corrected chi connectivity index (χ0v) is 25.3. The molecule has 0 fully saturated rings. The van der Waals surface area contributed by atoms with Gasteiger partial charge in [0, 0.05) is 30.0 Å². The molecule has 230 valence electrons. The van der Waals surface area contributed by atoms with Gasteiger partial charge >= 0.3 is 0 Å². The number of sulfone groups is 1. The molecule has 3 N–H and O–H groups in total. The number of benzene rings is 2. The molecule has 0 atom stereocenters. The molecule has 13 heteroatoms. The van der Waals surface area contributed by atoms with Crippen LogP contribution in [-0.4, -0.2) is 56.5 Å². The number of pyridine rings is 2. The Morgan fingerprint density at radius 2 is 1.84 bits per heavy atom. The van der Waals surface area contributed by atoms with E-state index in [1.165, 1.54) is 30.7 Å². The molecule has 0 bridgehead atoms. The van der Waals surface area contributed by atoms with Crippen molar-refractivity contribution in [1.29, 1.82) is 0 Å². The fourth-order valence-electron chi connectivity index (χ4n) is 5.18. The van der Waals surface area contributed by atoms with Gasteiger partial charge in [0.15, 0.2) is 11.6 Å². The Bertz CT molecular complexity index is 2180. The van der Waals surface area contributed by atoms with Gasteiger partial charge in [0.25, 0.3) is 0 Å². The first-order valence-electron chi connectivity index (χ1n) is 14.3. The number of nitrogens with one attached hydrogen (secondary N) is 3. The Kier molecular flexibility index (Phi) is 8.11. The van der Waals surface area contributed by atoms with Crippen LogP contribution < -0.4 is 5.32 Å². The molecular weight excluding hydrogens is 600 g/mol. The fourth-order valence-corrected chi connectivity index (χ4v) is 5.78. The van der Waals surface area contributed by atoms with Crippen molar-refractivity contribution in [2.24, 2.45) is 0 Å². The monoisotopic (exact) mass is 629 g/mol. The number of anilines is 1. The molecule has 4 heterocycles. The average molecular weight is 630 g/mol. The van der Waals surface area contributed by atoms with Crippen LogP contribution in [0.3, 0.4) is 0 Å². The normalized spacial score (nSPS) is 11.8. The summed E-state index contributed by atoms with van der Waals surface area (Å²) in [6.07, 6.45) is 7.76. The van der Waals surface area contributed by atoms with E-state index in [4.69, 9.17) is 4.98 Å². The minimum atomic E-state index is -3.23. The topological polar surface area (TPSA) is 146 Å². The molecule has 45 heavy (non-hydrogen) atoms. The number of imidazole rings is 1. The Labute approximate surface area is 257 Å². The van der Waals surface area contributed by atoms with Gasteiger partial charge in [-0.05, 0) is 48.2 Å². The summed E-state index contributed by atoms with van der Waals surface area (Å²) >= 11 is 0. The van der Waals surface area contributed by atoms with E-state index in [1.807, 2.05) is 6.92 Å². The third-order valence-electron chi connectivity index (χ3n) is 7.36. The lowest BCUT2D eigenvalue weighted by molar-refractivity contribution is -0.116. The van der Waals surface area contributed by atoms with E-state index in [0.29, 0.717) is 50.9 Å². The Morgan fingerprint density at radius 1 is 1.00 bits per heavy atom. The average Bonchev–Trinajstić information content (AvgIpc) is 3.63. The second kappa shape index (κ2) is 12.2. The van der Waals surface area contributed by atoms with E-state index < -0.39 is 21.5 Å². The first-order chi connectivity index (χ1) is 21.6. The summed E-state index contributed by atoms with van der Waals surface area (Å²) in [4.78, 5) is 28.6. The molecule has 4 aromatic heterocycles. The molecule has 2 aromatic carbocycles. The zero-order valence-electron chi connectivity index (χ0n) is 24.5. The summed E-state index contributed by atoms with van der Waals surface area (Å²) in [5, 5.41) is 10.1. The van der Waals surface area contributed by atoms with E-state index in [9.17, 15) is 17.6 Å². The van der Waals surface area contributed by atoms with Gasteiger partial charge in [0.1, 0.15) is 27.0 Å². The van der Waals surface area contributed by atoms with Gasteiger partial charge in [0.05, 0.1) is 45.8 Å².